The van der Waals surface area contributed by atoms with Crippen LogP contribution >= 0.6 is 0 Å². The van der Waals surface area contributed by atoms with Crippen molar-refractivity contribution in [3.63, 3.8) is 0 Å². The lowest BCUT2D eigenvalue weighted by Gasteiger charge is -2.24. The molecule has 32 heavy (non-hydrogen) atoms. The van der Waals surface area contributed by atoms with Gasteiger partial charge in [-0.1, -0.05) is 0 Å². The van der Waals surface area contributed by atoms with Crippen molar-refractivity contribution >= 4 is 35.6 Å². The fourth-order valence-electron chi connectivity index (χ4n) is 2.53. The molecule has 4 amide bonds. The highest BCUT2D eigenvalue weighted by Crippen LogP contribution is 2.05. The molecule has 0 rings (SSSR count). The molecule has 0 aromatic heterocycles. The van der Waals surface area contributed by atoms with Gasteiger partial charge in [0, 0.05) is 6.42 Å². The van der Waals surface area contributed by atoms with Gasteiger partial charge >= 0.3 is 11.9 Å². The quantitative estimate of drug-likeness (QED) is 0.107. The summed E-state index contributed by atoms with van der Waals surface area (Å²) >= 11 is 0. The first kappa shape index (κ1) is 28.7. The Hall–Kier alpha value is -3.26. The minimum Gasteiger partial charge on any atom is -0.481 e. The molecular weight excluding hydrogens is 428 g/mol. The minimum absolute atomic E-state index is 0.127. The van der Waals surface area contributed by atoms with Crippen molar-refractivity contribution in [3.8, 4) is 0 Å². The molecule has 0 saturated carbocycles. The van der Waals surface area contributed by atoms with Gasteiger partial charge in [-0.3, -0.25) is 28.8 Å². The third-order valence-corrected chi connectivity index (χ3v) is 4.35. The Kier molecular flexibility index (Phi) is 13.2. The number of primary amides is 1. The predicted octanol–water partition coefficient (Wildman–Crippen LogP) is -3.26. The molecule has 0 radical (unpaired) electrons. The van der Waals surface area contributed by atoms with E-state index in [0.29, 0.717) is 19.4 Å². The molecule has 0 saturated heterocycles. The second-order valence-electron chi connectivity index (χ2n) is 7.18. The van der Waals surface area contributed by atoms with E-state index in [9.17, 15) is 28.8 Å². The summed E-state index contributed by atoms with van der Waals surface area (Å²) in [6.07, 6.45) is -0.193. The van der Waals surface area contributed by atoms with Crippen molar-refractivity contribution in [2.45, 2.75) is 69.6 Å². The number of aliphatic carboxylic acids is 2. The summed E-state index contributed by atoms with van der Waals surface area (Å²) in [6, 6.07) is -5.10. The average Bonchev–Trinajstić information content (AvgIpc) is 2.69. The number of unbranched alkanes of at least 4 members (excludes halogenated alkanes) is 1. The normalized spacial score (nSPS) is 14.3. The fraction of sp³-hybridized carbons (Fsp3) is 0.667. The molecule has 4 unspecified atom stereocenters. The summed E-state index contributed by atoms with van der Waals surface area (Å²) in [5, 5.41) is 24.8. The van der Waals surface area contributed by atoms with Crippen molar-refractivity contribution in [3.05, 3.63) is 0 Å². The number of rotatable bonds is 16. The maximum atomic E-state index is 12.7. The Morgan fingerprint density at radius 2 is 1.38 bits per heavy atom. The summed E-state index contributed by atoms with van der Waals surface area (Å²) < 4.78 is 0. The summed E-state index contributed by atoms with van der Waals surface area (Å²) in [4.78, 5) is 70.2. The highest BCUT2D eigenvalue weighted by molar-refractivity contribution is 5.95. The number of carbonyl (C=O) groups excluding carboxylic acids is 4. The van der Waals surface area contributed by atoms with Crippen LogP contribution in [-0.2, 0) is 28.8 Å². The van der Waals surface area contributed by atoms with E-state index in [-0.39, 0.29) is 12.8 Å². The van der Waals surface area contributed by atoms with Gasteiger partial charge in [0.2, 0.25) is 23.6 Å². The summed E-state index contributed by atoms with van der Waals surface area (Å²) in [7, 11) is 0. The number of carbonyl (C=O) groups is 6. The van der Waals surface area contributed by atoms with Crippen LogP contribution in [0.5, 0.6) is 0 Å². The Balaban J connectivity index is 5.41. The first-order valence-corrected chi connectivity index (χ1v) is 9.98. The van der Waals surface area contributed by atoms with E-state index in [0.717, 1.165) is 0 Å². The van der Waals surface area contributed by atoms with Crippen molar-refractivity contribution in [2.75, 3.05) is 6.54 Å². The smallest absolute Gasteiger partial charge is 0.325 e. The van der Waals surface area contributed by atoms with Crippen LogP contribution in [-0.4, -0.2) is 76.5 Å². The number of hydrogen-bond acceptors (Lipinski definition) is 8. The van der Waals surface area contributed by atoms with Crippen LogP contribution in [0.15, 0.2) is 0 Å². The predicted molar refractivity (Wildman–Crippen MR) is 111 cm³/mol. The summed E-state index contributed by atoms with van der Waals surface area (Å²) in [6.45, 7) is 1.58. The van der Waals surface area contributed by atoms with Crippen molar-refractivity contribution in [1.82, 2.24) is 16.0 Å². The number of amides is 4. The standard InChI is InChI=1S/C18H32N6O8/c1-9(18(31)32)22-16(29)11(4-2-3-7-19)24-17(30)12(5-6-14(26)27)23-15(28)10(20)8-13(21)25/h9-12H,2-8,19-20H2,1H3,(H2,21,25)(H,22,29)(H,23,28)(H,24,30)(H,26,27)(H,31,32). The monoisotopic (exact) mass is 460 g/mol. The molecule has 0 heterocycles. The van der Waals surface area contributed by atoms with Crippen LogP contribution in [0, 0.1) is 0 Å². The van der Waals surface area contributed by atoms with Gasteiger partial charge in [-0.2, -0.15) is 0 Å². The molecule has 0 aliphatic rings. The second kappa shape index (κ2) is 14.7. The molecule has 11 N–H and O–H groups in total. The zero-order valence-corrected chi connectivity index (χ0v) is 17.8. The van der Waals surface area contributed by atoms with E-state index >= 15 is 0 Å². The lowest BCUT2D eigenvalue weighted by atomic mass is 10.1. The SMILES string of the molecule is CC(NC(=O)C(CCCCN)NC(=O)C(CCC(=O)O)NC(=O)C(N)CC(N)=O)C(=O)O. The average molecular weight is 460 g/mol. The Morgan fingerprint density at radius 1 is 0.844 bits per heavy atom. The van der Waals surface area contributed by atoms with Gasteiger partial charge in [0.1, 0.15) is 18.1 Å². The van der Waals surface area contributed by atoms with Crippen molar-refractivity contribution in [1.29, 1.82) is 0 Å². The van der Waals surface area contributed by atoms with Gasteiger partial charge in [0.05, 0.1) is 12.5 Å². The molecule has 14 heteroatoms. The van der Waals surface area contributed by atoms with Crippen molar-refractivity contribution < 1.29 is 39.0 Å². The van der Waals surface area contributed by atoms with E-state index < -0.39 is 72.6 Å². The van der Waals surface area contributed by atoms with Gasteiger partial charge in [-0.05, 0) is 39.2 Å². The number of carboxylic acid groups (broad SMARTS) is 2. The summed E-state index contributed by atoms with van der Waals surface area (Å²) in [5.41, 5.74) is 16.0. The highest BCUT2D eigenvalue weighted by Gasteiger charge is 2.29. The topological polar surface area (TPSA) is 257 Å². The lowest BCUT2D eigenvalue weighted by Crippen LogP contribution is -2.57. The minimum atomic E-state index is -1.38. The maximum Gasteiger partial charge on any atom is 0.325 e. The van der Waals surface area contributed by atoms with Gasteiger partial charge in [0.25, 0.3) is 0 Å². The molecular formula is C18H32N6O8. The maximum absolute atomic E-state index is 12.7. The molecule has 0 aromatic rings. The Bertz CT molecular complexity index is 701. The van der Waals surface area contributed by atoms with Gasteiger partial charge in [0.15, 0.2) is 0 Å². The van der Waals surface area contributed by atoms with Gasteiger partial charge in [-0.15, -0.1) is 0 Å². The largest absolute Gasteiger partial charge is 0.481 e. The Labute approximate surface area is 184 Å². The van der Waals surface area contributed by atoms with E-state index in [1.165, 1.54) is 6.92 Å². The summed E-state index contributed by atoms with van der Waals surface area (Å²) in [5.74, 6) is -5.89. The molecule has 182 valence electrons. The third-order valence-electron chi connectivity index (χ3n) is 4.35. The van der Waals surface area contributed by atoms with Crippen LogP contribution in [0.25, 0.3) is 0 Å². The van der Waals surface area contributed by atoms with Gasteiger partial charge < -0.3 is 43.4 Å². The molecule has 0 aromatic carbocycles. The highest BCUT2D eigenvalue weighted by atomic mass is 16.4. The molecule has 0 bridgehead atoms. The van der Waals surface area contributed by atoms with E-state index in [1.54, 1.807) is 0 Å². The lowest BCUT2D eigenvalue weighted by molar-refractivity contribution is -0.141. The molecule has 14 nitrogen and oxygen atoms in total. The number of nitrogens with two attached hydrogens (primary N) is 3. The molecule has 0 fully saturated rings. The first-order valence-electron chi connectivity index (χ1n) is 9.98. The van der Waals surface area contributed by atoms with Gasteiger partial charge in [-0.25, -0.2) is 0 Å². The number of carboxylic acids is 2. The second-order valence-corrected chi connectivity index (χ2v) is 7.18. The van der Waals surface area contributed by atoms with Crippen LogP contribution in [0.4, 0.5) is 0 Å². The number of hydrogen-bond donors (Lipinski definition) is 8. The zero-order valence-electron chi connectivity index (χ0n) is 17.8. The van der Waals surface area contributed by atoms with Crippen molar-refractivity contribution in [2.24, 2.45) is 17.2 Å². The molecule has 4 atom stereocenters. The first-order chi connectivity index (χ1) is 14.9. The van der Waals surface area contributed by atoms with E-state index in [1.807, 2.05) is 0 Å². The van der Waals surface area contributed by atoms with Crippen LogP contribution in [0.1, 0.15) is 45.4 Å². The van der Waals surface area contributed by atoms with Crippen LogP contribution in [0.2, 0.25) is 0 Å². The zero-order chi connectivity index (χ0) is 24.8. The molecule has 0 aliphatic heterocycles. The number of nitrogens with one attached hydrogen (secondary N) is 3. The van der Waals surface area contributed by atoms with E-state index in [2.05, 4.69) is 16.0 Å². The van der Waals surface area contributed by atoms with Crippen LogP contribution in [0.3, 0.4) is 0 Å². The Morgan fingerprint density at radius 3 is 1.88 bits per heavy atom. The third kappa shape index (κ3) is 11.8. The molecule has 0 spiro atoms. The van der Waals surface area contributed by atoms with Crippen LogP contribution < -0.4 is 33.2 Å². The van der Waals surface area contributed by atoms with E-state index in [4.69, 9.17) is 27.4 Å². The molecule has 0 aliphatic carbocycles. The fourth-order valence-corrected chi connectivity index (χ4v) is 2.53.